The van der Waals surface area contributed by atoms with Crippen molar-refractivity contribution in [1.29, 1.82) is 0 Å². The molecule has 1 aliphatic rings. The van der Waals surface area contributed by atoms with Crippen molar-refractivity contribution in [3.8, 4) is 0 Å². The highest BCUT2D eigenvalue weighted by Crippen LogP contribution is 2.34. The van der Waals surface area contributed by atoms with Gasteiger partial charge in [0.2, 0.25) is 0 Å². The van der Waals surface area contributed by atoms with Gasteiger partial charge in [-0.05, 0) is 44.0 Å². The van der Waals surface area contributed by atoms with Crippen LogP contribution in [0.25, 0.3) is 16.7 Å². The van der Waals surface area contributed by atoms with Crippen LogP contribution in [0.4, 0.5) is 5.82 Å². The SMILES string of the molecule is Cc1nnc2ccc(N3CCC[C@H]3c3nc4ccccc4[nH]3)nn12. The van der Waals surface area contributed by atoms with Gasteiger partial charge in [-0.25, -0.2) is 4.98 Å². The maximum atomic E-state index is 4.78. The van der Waals surface area contributed by atoms with Crippen molar-refractivity contribution in [2.24, 2.45) is 0 Å². The molecule has 7 heteroatoms. The van der Waals surface area contributed by atoms with Crippen LogP contribution in [0.2, 0.25) is 0 Å². The highest BCUT2D eigenvalue weighted by molar-refractivity contribution is 5.75. The summed E-state index contributed by atoms with van der Waals surface area (Å²) in [6.45, 7) is 2.89. The van der Waals surface area contributed by atoms with E-state index >= 15 is 0 Å². The molecule has 0 unspecified atom stereocenters. The summed E-state index contributed by atoms with van der Waals surface area (Å²) < 4.78 is 1.79. The van der Waals surface area contributed by atoms with Gasteiger partial charge in [0.05, 0.1) is 17.1 Å². The quantitative estimate of drug-likeness (QED) is 0.615. The van der Waals surface area contributed by atoms with Crippen molar-refractivity contribution < 1.29 is 0 Å². The summed E-state index contributed by atoms with van der Waals surface area (Å²) in [6, 6.07) is 12.4. The van der Waals surface area contributed by atoms with Crippen molar-refractivity contribution in [2.75, 3.05) is 11.4 Å². The molecule has 24 heavy (non-hydrogen) atoms. The average molecular weight is 319 g/mol. The summed E-state index contributed by atoms with van der Waals surface area (Å²) in [5.74, 6) is 2.75. The number of H-pyrrole nitrogens is 1. The zero-order valence-corrected chi connectivity index (χ0v) is 13.3. The van der Waals surface area contributed by atoms with Crippen molar-refractivity contribution in [3.63, 3.8) is 0 Å². The number of hydrogen-bond donors (Lipinski definition) is 1. The molecule has 120 valence electrons. The van der Waals surface area contributed by atoms with Crippen LogP contribution in [0.3, 0.4) is 0 Å². The van der Waals surface area contributed by atoms with Gasteiger partial charge in [-0.2, -0.15) is 4.52 Å². The lowest BCUT2D eigenvalue weighted by Crippen LogP contribution is -2.25. The Labute approximate surface area is 138 Å². The Bertz CT molecular complexity index is 999. The monoisotopic (exact) mass is 319 g/mol. The number of nitrogens with one attached hydrogen (secondary N) is 1. The second-order valence-corrected chi connectivity index (χ2v) is 6.20. The summed E-state index contributed by atoms with van der Waals surface area (Å²) in [6.07, 6.45) is 2.20. The van der Waals surface area contributed by atoms with Crippen LogP contribution in [-0.4, -0.2) is 36.3 Å². The van der Waals surface area contributed by atoms with E-state index in [2.05, 4.69) is 26.1 Å². The Kier molecular flexibility index (Phi) is 2.82. The molecule has 1 aromatic carbocycles. The van der Waals surface area contributed by atoms with E-state index in [1.165, 1.54) is 0 Å². The number of aromatic nitrogens is 6. The van der Waals surface area contributed by atoms with Gasteiger partial charge in [0.15, 0.2) is 11.5 Å². The van der Waals surface area contributed by atoms with Gasteiger partial charge in [-0.15, -0.1) is 15.3 Å². The first-order valence-corrected chi connectivity index (χ1v) is 8.20. The van der Waals surface area contributed by atoms with Gasteiger partial charge in [0.25, 0.3) is 0 Å². The number of fused-ring (bicyclic) bond motifs is 2. The van der Waals surface area contributed by atoms with E-state index in [1.54, 1.807) is 4.52 Å². The molecule has 0 radical (unpaired) electrons. The van der Waals surface area contributed by atoms with Crippen LogP contribution >= 0.6 is 0 Å². The number of imidazole rings is 1. The van der Waals surface area contributed by atoms with E-state index in [4.69, 9.17) is 10.1 Å². The number of hydrogen-bond acceptors (Lipinski definition) is 5. The van der Waals surface area contributed by atoms with Crippen molar-refractivity contribution in [2.45, 2.75) is 25.8 Å². The maximum absolute atomic E-state index is 4.78. The van der Waals surface area contributed by atoms with Crippen LogP contribution in [0.15, 0.2) is 36.4 Å². The molecule has 7 nitrogen and oxygen atoms in total. The normalized spacial score (nSPS) is 18.0. The molecule has 0 saturated carbocycles. The number of anilines is 1. The van der Waals surface area contributed by atoms with Gasteiger partial charge >= 0.3 is 0 Å². The van der Waals surface area contributed by atoms with Crippen molar-refractivity contribution >= 4 is 22.5 Å². The highest BCUT2D eigenvalue weighted by atomic mass is 15.4. The molecule has 4 aromatic rings. The fourth-order valence-electron chi connectivity index (χ4n) is 3.50. The number of benzene rings is 1. The van der Waals surface area contributed by atoms with Crippen LogP contribution < -0.4 is 4.90 Å². The fourth-order valence-corrected chi connectivity index (χ4v) is 3.50. The first-order valence-electron chi connectivity index (χ1n) is 8.20. The van der Waals surface area contributed by atoms with Crippen LogP contribution in [-0.2, 0) is 0 Å². The van der Waals surface area contributed by atoms with Crippen molar-refractivity contribution in [1.82, 2.24) is 29.8 Å². The van der Waals surface area contributed by atoms with Crippen molar-refractivity contribution in [3.05, 3.63) is 48.0 Å². The fraction of sp³-hybridized carbons (Fsp3) is 0.294. The molecule has 1 atom stereocenters. The minimum Gasteiger partial charge on any atom is -0.345 e. The van der Waals surface area contributed by atoms with Gasteiger partial charge in [-0.3, -0.25) is 0 Å². The van der Waals surface area contributed by atoms with Crippen LogP contribution in [0.1, 0.15) is 30.5 Å². The summed E-state index contributed by atoms with van der Waals surface area (Å²) in [7, 11) is 0. The molecule has 0 spiro atoms. The molecule has 3 aromatic heterocycles. The Hall–Kier alpha value is -2.96. The predicted molar refractivity (Wildman–Crippen MR) is 90.9 cm³/mol. The first kappa shape index (κ1) is 13.5. The third-order valence-electron chi connectivity index (χ3n) is 4.68. The number of nitrogens with zero attached hydrogens (tertiary/aromatic N) is 6. The van der Waals surface area contributed by atoms with Gasteiger partial charge in [0, 0.05) is 6.54 Å². The Morgan fingerprint density at radius 3 is 2.96 bits per heavy atom. The molecule has 4 heterocycles. The third-order valence-corrected chi connectivity index (χ3v) is 4.68. The van der Waals surface area contributed by atoms with E-state index in [9.17, 15) is 0 Å². The number of aryl methyl sites for hydroxylation is 1. The van der Waals surface area contributed by atoms with E-state index in [0.29, 0.717) is 0 Å². The summed E-state index contributed by atoms with van der Waals surface area (Å²) in [5, 5.41) is 12.9. The molecule has 1 saturated heterocycles. The minimum atomic E-state index is 0.221. The van der Waals surface area contributed by atoms with E-state index < -0.39 is 0 Å². The minimum absolute atomic E-state index is 0.221. The smallest absolute Gasteiger partial charge is 0.178 e. The lowest BCUT2D eigenvalue weighted by Gasteiger charge is -2.24. The lowest BCUT2D eigenvalue weighted by molar-refractivity contribution is 0.665. The van der Waals surface area contributed by atoms with Gasteiger partial charge in [-0.1, -0.05) is 12.1 Å². The zero-order valence-electron chi connectivity index (χ0n) is 13.3. The molecule has 1 N–H and O–H groups in total. The second kappa shape index (κ2) is 5.02. The molecule has 5 rings (SSSR count). The molecular formula is C17H17N7. The summed E-state index contributed by atoms with van der Waals surface area (Å²) >= 11 is 0. The molecule has 1 fully saturated rings. The topological polar surface area (TPSA) is 75.0 Å². The summed E-state index contributed by atoms with van der Waals surface area (Å²) in [5.41, 5.74) is 2.87. The lowest BCUT2D eigenvalue weighted by atomic mass is 10.2. The molecule has 0 bridgehead atoms. The zero-order chi connectivity index (χ0) is 16.1. The molecular weight excluding hydrogens is 302 g/mol. The number of rotatable bonds is 2. The predicted octanol–water partition coefficient (Wildman–Crippen LogP) is 2.65. The van der Waals surface area contributed by atoms with Gasteiger partial charge < -0.3 is 9.88 Å². The third kappa shape index (κ3) is 1.97. The maximum Gasteiger partial charge on any atom is 0.178 e. The highest BCUT2D eigenvalue weighted by Gasteiger charge is 2.30. The van der Waals surface area contributed by atoms with E-state index in [-0.39, 0.29) is 6.04 Å². The standard InChI is InChI=1S/C17H17N7/c1-11-20-21-15-8-9-16(22-24(11)15)23-10-4-7-14(23)17-18-12-5-2-3-6-13(12)19-17/h2-3,5-6,8-9,14H,4,7,10H2,1H3,(H,18,19)/t14-/m0/s1. The molecule has 0 aliphatic carbocycles. The van der Waals surface area contributed by atoms with Crippen LogP contribution in [0.5, 0.6) is 0 Å². The summed E-state index contributed by atoms with van der Waals surface area (Å²) in [4.78, 5) is 10.6. The Morgan fingerprint density at radius 2 is 2.04 bits per heavy atom. The molecule has 1 aliphatic heterocycles. The molecule has 0 amide bonds. The van der Waals surface area contributed by atoms with Gasteiger partial charge in [0.1, 0.15) is 11.6 Å². The largest absolute Gasteiger partial charge is 0.345 e. The second-order valence-electron chi connectivity index (χ2n) is 6.20. The van der Waals surface area contributed by atoms with Crippen LogP contribution in [0, 0.1) is 6.92 Å². The number of aromatic amines is 1. The van der Waals surface area contributed by atoms with E-state index in [0.717, 1.165) is 53.5 Å². The average Bonchev–Trinajstić information content (AvgIpc) is 3.32. The van der Waals surface area contributed by atoms with E-state index in [1.807, 2.05) is 37.3 Å². The first-order chi connectivity index (χ1) is 11.8. The Morgan fingerprint density at radius 1 is 1.12 bits per heavy atom. The number of para-hydroxylation sites is 2. The Balaban J connectivity index is 1.57.